The van der Waals surface area contributed by atoms with Crippen LogP contribution in [0.3, 0.4) is 0 Å². The highest BCUT2D eigenvalue weighted by molar-refractivity contribution is 5.76. The van der Waals surface area contributed by atoms with Crippen LogP contribution < -0.4 is 0 Å². The van der Waals surface area contributed by atoms with Gasteiger partial charge >= 0.3 is 6.03 Å². The second-order valence-electron chi connectivity index (χ2n) is 3.95. The largest absolute Gasteiger partial charge is 0.361 e. The van der Waals surface area contributed by atoms with Gasteiger partial charge in [-0.25, -0.2) is 4.79 Å². The van der Waals surface area contributed by atoms with E-state index in [1.54, 1.807) is 4.90 Å². The molecule has 0 radical (unpaired) electrons. The highest BCUT2D eigenvalue weighted by atomic mass is 16.5. The molecule has 0 N–H and O–H groups in total. The molecule has 1 aliphatic carbocycles. The first kappa shape index (κ1) is 9.77. The van der Waals surface area contributed by atoms with Gasteiger partial charge in [0.2, 0.25) is 0 Å². The molecule has 2 fully saturated rings. The van der Waals surface area contributed by atoms with Crippen molar-refractivity contribution in [1.29, 1.82) is 0 Å². The molecular formula is C10H18N2O2. The van der Waals surface area contributed by atoms with Crippen molar-refractivity contribution in [2.45, 2.75) is 32.2 Å². The van der Waals surface area contributed by atoms with Crippen LogP contribution in [0.4, 0.5) is 4.79 Å². The van der Waals surface area contributed by atoms with E-state index >= 15 is 0 Å². The molecule has 80 valence electrons. The Balaban J connectivity index is 1.83. The van der Waals surface area contributed by atoms with E-state index in [-0.39, 0.29) is 6.03 Å². The molecule has 1 aliphatic heterocycles. The lowest BCUT2D eigenvalue weighted by molar-refractivity contribution is 0.0608. The van der Waals surface area contributed by atoms with E-state index in [4.69, 9.17) is 4.74 Å². The van der Waals surface area contributed by atoms with E-state index < -0.39 is 0 Å². The maximum Gasteiger partial charge on any atom is 0.322 e. The quantitative estimate of drug-likeness (QED) is 0.681. The molecule has 1 saturated heterocycles. The first-order valence-electron chi connectivity index (χ1n) is 5.46. The Morgan fingerprint density at radius 3 is 2.79 bits per heavy atom. The molecule has 4 nitrogen and oxygen atoms in total. The molecule has 14 heavy (non-hydrogen) atoms. The Kier molecular flexibility index (Phi) is 2.91. The number of carbonyl (C=O) groups is 1. The molecule has 0 aromatic heterocycles. The second-order valence-corrected chi connectivity index (χ2v) is 3.95. The fourth-order valence-corrected chi connectivity index (χ4v) is 1.96. The van der Waals surface area contributed by atoms with Crippen LogP contribution in [-0.2, 0) is 4.74 Å². The van der Waals surface area contributed by atoms with Crippen LogP contribution in [0.25, 0.3) is 0 Å². The van der Waals surface area contributed by atoms with E-state index in [2.05, 4.69) is 0 Å². The maximum absolute atomic E-state index is 11.8. The summed E-state index contributed by atoms with van der Waals surface area (Å²) in [5.41, 5.74) is 0. The summed E-state index contributed by atoms with van der Waals surface area (Å²) < 4.78 is 5.25. The van der Waals surface area contributed by atoms with Crippen LogP contribution in [0.1, 0.15) is 26.2 Å². The molecule has 2 amide bonds. The van der Waals surface area contributed by atoms with Crippen molar-refractivity contribution in [3.05, 3.63) is 0 Å². The summed E-state index contributed by atoms with van der Waals surface area (Å²) in [6, 6.07) is 0.692. The van der Waals surface area contributed by atoms with Crippen LogP contribution in [0.2, 0.25) is 0 Å². The van der Waals surface area contributed by atoms with Crippen molar-refractivity contribution >= 4 is 6.03 Å². The topological polar surface area (TPSA) is 32.8 Å². The van der Waals surface area contributed by atoms with Gasteiger partial charge < -0.3 is 9.64 Å². The molecule has 0 bridgehead atoms. The van der Waals surface area contributed by atoms with Crippen LogP contribution in [0, 0.1) is 0 Å². The Hall–Kier alpha value is -0.770. The summed E-state index contributed by atoms with van der Waals surface area (Å²) >= 11 is 0. The summed E-state index contributed by atoms with van der Waals surface area (Å²) in [7, 11) is 0. The molecule has 0 aromatic rings. The van der Waals surface area contributed by atoms with E-state index in [1.165, 1.54) is 19.3 Å². The number of nitrogens with zero attached hydrogens (tertiary/aromatic N) is 2. The van der Waals surface area contributed by atoms with Gasteiger partial charge in [-0.2, -0.15) is 0 Å². The van der Waals surface area contributed by atoms with Crippen LogP contribution >= 0.6 is 0 Å². The van der Waals surface area contributed by atoms with Crippen LogP contribution in [0.5, 0.6) is 0 Å². The summed E-state index contributed by atoms with van der Waals surface area (Å²) in [5, 5.41) is 0. The Bertz CT molecular complexity index is 216. The third-order valence-corrected chi connectivity index (χ3v) is 3.09. The zero-order valence-electron chi connectivity index (χ0n) is 8.74. The molecule has 1 heterocycles. The number of ether oxygens (including phenoxy) is 1. The highest BCUT2D eigenvalue weighted by Crippen LogP contribution is 2.27. The Morgan fingerprint density at radius 1 is 1.43 bits per heavy atom. The van der Waals surface area contributed by atoms with Gasteiger partial charge in [0.15, 0.2) is 0 Å². The SMILES string of the molecule is CCOCN1CCN(C2CCC2)C1=O. The predicted octanol–water partition coefficient (Wildman–Crippen LogP) is 1.27. The summed E-state index contributed by atoms with van der Waals surface area (Å²) in [6.07, 6.45) is 3.66. The molecule has 4 heteroatoms. The van der Waals surface area contributed by atoms with E-state index in [0.29, 0.717) is 19.4 Å². The maximum atomic E-state index is 11.8. The summed E-state index contributed by atoms with van der Waals surface area (Å²) in [5.74, 6) is 0. The van der Waals surface area contributed by atoms with Crippen molar-refractivity contribution < 1.29 is 9.53 Å². The molecule has 2 aliphatic rings. The van der Waals surface area contributed by atoms with Crippen molar-refractivity contribution in [3.63, 3.8) is 0 Å². The van der Waals surface area contributed by atoms with Gasteiger partial charge in [0.25, 0.3) is 0 Å². The van der Waals surface area contributed by atoms with Crippen molar-refractivity contribution in [3.8, 4) is 0 Å². The number of amides is 2. The molecule has 1 saturated carbocycles. The zero-order valence-corrected chi connectivity index (χ0v) is 8.74. The van der Waals surface area contributed by atoms with E-state index in [0.717, 1.165) is 13.1 Å². The third kappa shape index (κ3) is 1.71. The first-order chi connectivity index (χ1) is 6.83. The smallest absolute Gasteiger partial charge is 0.322 e. The molecule has 0 aromatic carbocycles. The normalized spacial score (nSPS) is 23.1. The zero-order chi connectivity index (χ0) is 9.97. The van der Waals surface area contributed by atoms with Gasteiger partial charge in [-0.1, -0.05) is 0 Å². The minimum atomic E-state index is 0.170. The molecule has 2 rings (SSSR count). The van der Waals surface area contributed by atoms with Crippen LogP contribution in [-0.4, -0.2) is 48.3 Å². The van der Waals surface area contributed by atoms with Gasteiger partial charge in [-0.05, 0) is 26.2 Å². The van der Waals surface area contributed by atoms with Gasteiger partial charge in [0, 0.05) is 25.7 Å². The summed E-state index contributed by atoms with van der Waals surface area (Å²) in [6.45, 7) is 4.79. The minimum absolute atomic E-state index is 0.170. The van der Waals surface area contributed by atoms with Crippen LogP contribution in [0.15, 0.2) is 0 Å². The van der Waals surface area contributed by atoms with E-state index in [9.17, 15) is 4.79 Å². The predicted molar refractivity (Wildman–Crippen MR) is 52.9 cm³/mol. The molecule has 0 atom stereocenters. The van der Waals surface area contributed by atoms with Gasteiger partial charge in [0.1, 0.15) is 6.73 Å². The number of hydrogen-bond acceptors (Lipinski definition) is 2. The van der Waals surface area contributed by atoms with Gasteiger partial charge in [-0.3, -0.25) is 4.90 Å². The monoisotopic (exact) mass is 198 g/mol. The number of hydrogen-bond donors (Lipinski definition) is 0. The van der Waals surface area contributed by atoms with Gasteiger partial charge in [0.05, 0.1) is 0 Å². The number of carbonyl (C=O) groups excluding carboxylic acids is 1. The van der Waals surface area contributed by atoms with Crippen molar-refractivity contribution in [2.24, 2.45) is 0 Å². The van der Waals surface area contributed by atoms with Gasteiger partial charge in [-0.15, -0.1) is 0 Å². The standard InChI is InChI=1S/C10H18N2O2/c1-2-14-8-11-6-7-12(10(11)13)9-4-3-5-9/h9H,2-8H2,1H3. The van der Waals surface area contributed by atoms with Crippen molar-refractivity contribution in [2.75, 3.05) is 26.4 Å². The molecule has 0 unspecified atom stereocenters. The fourth-order valence-electron chi connectivity index (χ4n) is 1.96. The average Bonchev–Trinajstić information content (AvgIpc) is 2.43. The lowest BCUT2D eigenvalue weighted by Gasteiger charge is -2.34. The third-order valence-electron chi connectivity index (χ3n) is 3.09. The lowest BCUT2D eigenvalue weighted by Crippen LogP contribution is -2.43. The number of rotatable bonds is 4. The lowest BCUT2D eigenvalue weighted by atomic mass is 9.92. The summed E-state index contributed by atoms with van der Waals surface area (Å²) in [4.78, 5) is 15.6. The minimum Gasteiger partial charge on any atom is -0.361 e. The molecule has 0 spiro atoms. The highest BCUT2D eigenvalue weighted by Gasteiger charge is 2.35. The Morgan fingerprint density at radius 2 is 2.21 bits per heavy atom. The average molecular weight is 198 g/mol. The number of urea groups is 1. The van der Waals surface area contributed by atoms with Crippen molar-refractivity contribution in [1.82, 2.24) is 9.80 Å². The molecular weight excluding hydrogens is 180 g/mol. The van der Waals surface area contributed by atoms with E-state index in [1.807, 2.05) is 11.8 Å². The first-order valence-corrected chi connectivity index (χ1v) is 5.46. The Labute approximate surface area is 84.8 Å². The fraction of sp³-hybridized carbons (Fsp3) is 0.900. The second kappa shape index (κ2) is 4.17.